The minimum absolute atomic E-state index is 0.121. The molecule has 0 aliphatic carbocycles. The van der Waals surface area contributed by atoms with E-state index in [0.717, 1.165) is 35.7 Å². The van der Waals surface area contributed by atoms with Crippen LogP contribution in [0.1, 0.15) is 25.8 Å². The number of ether oxygens (including phenoxy) is 2. The van der Waals surface area contributed by atoms with E-state index in [4.69, 9.17) is 9.47 Å². The number of rotatable bonds is 8. The summed E-state index contributed by atoms with van der Waals surface area (Å²) in [5.74, 6) is 1.84. The first kappa shape index (κ1) is 16.2. The predicted molar refractivity (Wildman–Crippen MR) is 92.0 cm³/mol. The molecule has 3 heteroatoms. The van der Waals surface area contributed by atoms with Crippen molar-refractivity contribution in [1.82, 2.24) is 0 Å². The Balaban J connectivity index is 1.98. The minimum atomic E-state index is 0.121. The van der Waals surface area contributed by atoms with E-state index in [1.165, 1.54) is 0 Å². The monoisotopic (exact) mass is 299 g/mol. The normalized spacial score (nSPS) is 11.8. The Morgan fingerprint density at radius 2 is 1.64 bits per heavy atom. The molecule has 2 rings (SSSR count). The number of hydrogen-bond donors (Lipinski definition) is 1. The van der Waals surface area contributed by atoms with Crippen LogP contribution in [0.5, 0.6) is 11.5 Å². The molecule has 0 saturated carbocycles. The molecule has 22 heavy (non-hydrogen) atoms. The third-order valence-corrected chi connectivity index (χ3v) is 3.55. The molecule has 1 N–H and O–H groups in total. The maximum atomic E-state index is 6.11. The SMILES string of the molecule is CCOc1ccccc1NCC(CC)Oc1ccccc1C. The lowest BCUT2D eigenvalue weighted by Gasteiger charge is -2.21. The Morgan fingerprint density at radius 1 is 0.955 bits per heavy atom. The van der Waals surface area contributed by atoms with Gasteiger partial charge in [-0.25, -0.2) is 0 Å². The van der Waals surface area contributed by atoms with Crippen molar-refractivity contribution < 1.29 is 9.47 Å². The highest BCUT2D eigenvalue weighted by atomic mass is 16.5. The molecule has 0 aliphatic rings. The zero-order valence-corrected chi connectivity index (χ0v) is 13.6. The molecule has 0 spiro atoms. The lowest BCUT2D eigenvalue weighted by Crippen LogP contribution is -2.25. The number of benzene rings is 2. The number of para-hydroxylation sites is 3. The van der Waals surface area contributed by atoms with Crippen LogP contribution in [0.15, 0.2) is 48.5 Å². The van der Waals surface area contributed by atoms with Crippen molar-refractivity contribution in [3.05, 3.63) is 54.1 Å². The van der Waals surface area contributed by atoms with Gasteiger partial charge in [0.1, 0.15) is 17.6 Å². The Labute approximate surface area is 133 Å². The Hall–Kier alpha value is -2.16. The predicted octanol–water partition coefficient (Wildman–Crippen LogP) is 4.66. The second kappa shape index (κ2) is 8.32. The second-order valence-electron chi connectivity index (χ2n) is 5.22. The van der Waals surface area contributed by atoms with Gasteiger partial charge in [-0.05, 0) is 44.0 Å². The summed E-state index contributed by atoms with van der Waals surface area (Å²) >= 11 is 0. The Morgan fingerprint density at radius 3 is 2.32 bits per heavy atom. The molecule has 0 fully saturated rings. The van der Waals surface area contributed by atoms with E-state index in [1.54, 1.807) is 0 Å². The maximum absolute atomic E-state index is 6.11. The van der Waals surface area contributed by atoms with Crippen molar-refractivity contribution in [2.24, 2.45) is 0 Å². The molecule has 1 atom stereocenters. The highest BCUT2D eigenvalue weighted by molar-refractivity contribution is 5.56. The van der Waals surface area contributed by atoms with Crippen molar-refractivity contribution >= 4 is 5.69 Å². The van der Waals surface area contributed by atoms with E-state index < -0.39 is 0 Å². The fraction of sp³-hybridized carbons (Fsp3) is 0.368. The van der Waals surface area contributed by atoms with Crippen LogP contribution >= 0.6 is 0 Å². The smallest absolute Gasteiger partial charge is 0.142 e. The van der Waals surface area contributed by atoms with Gasteiger partial charge < -0.3 is 14.8 Å². The van der Waals surface area contributed by atoms with Crippen LogP contribution in [0.3, 0.4) is 0 Å². The van der Waals surface area contributed by atoms with Crippen LogP contribution in [0.4, 0.5) is 5.69 Å². The molecule has 0 aliphatic heterocycles. The van der Waals surface area contributed by atoms with E-state index in [0.29, 0.717) is 6.61 Å². The van der Waals surface area contributed by atoms with Crippen molar-refractivity contribution in [3.63, 3.8) is 0 Å². The fourth-order valence-corrected chi connectivity index (χ4v) is 2.26. The Kier molecular flexibility index (Phi) is 6.13. The van der Waals surface area contributed by atoms with Gasteiger partial charge in [0, 0.05) is 0 Å². The molecule has 0 aromatic heterocycles. The standard InChI is InChI=1S/C19H25NO2/c1-4-16(22-18-12-8-6-10-15(18)3)14-20-17-11-7-9-13-19(17)21-5-2/h6-13,16,20H,4-5,14H2,1-3H3. The summed E-state index contributed by atoms with van der Waals surface area (Å²) in [5.41, 5.74) is 2.17. The van der Waals surface area contributed by atoms with E-state index >= 15 is 0 Å². The van der Waals surface area contributed by atoms with E-state index in [1.807, 2.05) is 49.4 Å². The lowest BCUT2D eigenvalue weighted by atomic mass is 10.2. The van der Waals surface area contributed by atoms with Gasteiger partial charge in [-0.3, -0.25) is 0 Å². The third-order valence-electron chi connectivity index (χ3n) is 3.55. The number of aryl methyl sites for hydroxylation is 1. The number of anilines is 1. The first-order chi connectivity index (χ1) is 10.7. The molecule has 1 unspecified atom stereocenters. The largest absolute Gasteiger partial charge is 0.492 e. The second-order valence-corrected chi connectivity index (χ2v) is 5.22. The first-order valence-electron chi connectivity index (χ1n) is 7.92. The molecular weight excluding hydrogens is 274 g/mol. The van der Waals surface area contributed by atoms with Crippen molar-refractivity contribution in [2.75, 3.05) is 18.5 Å². The number of nitrogens with one attached hydrogen (secondary N) is 1. The van der Waals surface area contributed by atoms with Gasteiger partial charge in [-0.15, -0.1) is 0 Å². The summed E-state index contributed by atoms with van der Waals surface area (Å²) in [6.45, 7) is 7.61. The van der Waals surface area contributed by atoms with Crippen LogP contribution in [-0.2, 0) is 0 Å². The fourth-order valence-electron chi connectivity index (χ4n) is 2.26. The van der Waals surface area contributed by atoms with Gasteiger partial charge >= 0.3 is 0 Å². The van der Waals surface area contributed by atoms with Gasteiger partial charge in [0.25, 0.3) is 0 Å². The molecule has 0 saturated heterocycles. The van der Waals surface area contributed by atoms with Crippen LogP contribution in [0.2, 0.25) is 0 Å². The Bertz CT molecular complexity index is 583. The van der Waals surface area contributed by atoms with E-state index in [-0.39, 0.29) is 6.10 Å². The van der Waals surface area contributed by atoms with Gasteiger partial charge in [-0.2, -0.15) is 0 Å². The summed E-state index contributed by atoms with van der Waals surface area (Å²) in [6, 6.07) is 16.1. The summed E-state index contributed by atoms with van der Waals surface area (Å²) in [5, 5.41) is 3.44. The van der Waals surface area contributed by atoms with Gasteiger partial charge in [0.2, 0.25) is 0 Å². The van der Waals surface area contributed by atoms with Gasteiger partial charge in [0.05, 0.1) is 18.8 Å². The maximum Gasteiger partial charge on any atom is 0.142 e. The van der Waals surface area contributed by atoms with Crippen molar-refractivity contribution in [3.8, 4) is 11.5 Å². The van der Waals surface area contributed by atoms with Crippen LogP contribution in [0, 0.1) is 6.92 Å². The topological polar surface area (TPSA) is 30.5 Å². The molecule has 3 nitrogen and oxygen atoms in total. The van der Waals surface area contributed by atoms with Crippen LogP contribution in [-0.4, -0.2) is 19.3 Å². The summed E-state index contributed by atoms with van der Waals surface area (Å²) in [4.78, 5) is 0. The highest BCUT2D eigenvalue weighted by Gasteiger charge is 2.11. The molecule has 0 amide bonds. The van der Waals surface area contributed by atoms with E-state index in [2.05, 4.69) is 25.2 Å². The minimum Gasteiger partial charge on any atom is -0.492 e. The summed E-state index contributed by atoms with van der Waals surface area (Å²) in [6.07, 6.45) is 1.06. The zero-order valence-electron chi connectivity index (χ0n) is 13.6. The summed E-state index contributed by atoms with van der Waals surface area (Å²) < 4.78 is 11.7. The first-order valence-corrected chi connectivity index (χ1v) is 7.92. The van der Waals surface area contributed by atoms with Crippen molar-refractivity contribution in [2.45, 2.75) is 33.3 Å². The molecule has 0 radical (unpaired) electrons. The van der Waals surface area contributed by atoms with Crippen LogP contribution in [0.25, 0.3) is 0 Å². The average molecular weight is 299 g/mol. The number of hydrogen-bond acceptors (Lipinski definition) is 3. The molecule has 2 aromatic rings. The van der Waals surface area contributed by atoms with Gasteiger partial charge in [-0.1, -0.05) is 37.3 Å². The lowest BCUT2D eigenvalue weighted by molar-refractivity contribution is 0.208. The third kappa shape index (κ3) is 4.42. The van der Waals surface area contributed by atoms with Crippen LogP contribution < -0.4 is 14.8 Å². The molecular formula is C19H25NO2. The highest BCUT2D eigenvalue weighted by Crippen LogP contribution is 2.24. The quantitative estimate of drug-likeness (QED) is 0.768. The molecule has 0 bridgehead atoms. The zero-order chi connectivity index (χ0) is 15.8. The summed E-state index contributed by atoms with van der Waals surface area (Å²) in [7, 11) is 0. The average Bonchev–Trinajstić information content (AvgIpc) is 2.54. The van der Waals surface area contributed by atoms with E-state index in [9.17, 15) is 0 Å². The molecule has 0 heterocycles. The molecule has 118 valence electrons. The van der Waals surface area contributed by atoms with Crippen molar-refractivity contribution in [1.29, 1.82) is 0 Å². The molecule has 2 aromatic carbocycles. The van der Waals surface area contributed by atoms with Gasteiger partial charge in [0.15, 0.2) is 0 Å².